The molecule has 2 heterocycles. The number of aliphatic hydroxyl groups is 1. The van der Waals surface area contributed by atoms with E-state index in [0.717, 1.165) is 51.7 Å². The van der Waals surface area contributed by atoms with E-state index in [-0.39, 0.29) is 17.8 Å². The van der Waals surface area contributed by atoms with Crippen LogP contribution in [0.15, 0.2) is 18.2 Å². The molecule has 34 heavy (non-hydrogen) atoms. The fourth-order valence-electron chi connectivity index (χ4n) is 4.86. The minimum Gasteiger partial charge on any atom is -0.494 e. The van der Waals surface area contributed by atoms with Crippen LogP contribution in [0.3, 0.4) is 0 Å². The molecule has 1 aromatic carbocycles. The van der Waals surface area contributed by atoms with Gasteiger partial charge in [-0.15, -0.1) is 0 Å². The Balaban J connectivity index is 1.49. The molecule has 0 bridgehead atoms. The van der Waals surface area contributed by atoms with E-state index in [1.807, 2.05) is 0 Å². The maximum absolute atomic E-state index is 14.2. The first-order chi connectivity index (χ1) is 16.6. The van der Waals surface area contributed by atoms with Gasteiger partial charge in [0.15, 0.2) is 11.6 Å². The number of hydrogen-bond acceptors (Lipinski definition) is 9. The fraction of sp³-hybridized carbons (Fsp3) is 0.625. The molecule has 0 amide bonds. The van der Waals surface area contributed by atoms with Crippen LogP contribution in [-0.2, 0) is 0 Å². The number of likely N-dealkylation sites (N-methyl/N-ethyl adjacent to an activating group) is 1. The maximum Gasteiger partial charge on any atom is 0.233 e. The Morgan fingerprint density at radius 1 is 1.03 bits per heavy atom. The van der Waals surface area contributed by atoms with E-state index in [0.29, 0.717) is 36.1 Å². The highest BCUT2D eigenvalue weighted by Crippen LogP contribution is 2.26. The highest BCUT2D eigenvalue weighted by Gasteiger charge is 2.24. The van der Waals surface area contributed by atoms with Crippen molar-refractivity contribution in [2.45, 2.75) is 57.6 Å². The number of nitrogens with zero attached hydrogens (tertiary/aromatic N) is 4. The summed E-state index contributed by atoms with van der Waals surface area (Å²) in [5, 5.41) is 20.0. The molecule has 10 heteroatoms. The minimum atomic E-state index is -0.467. The van der Waals surface area contributed by atoms with Gasteiger partial charge in [0, 0.05) is 36.8 Å². The average Bonchev–Trinajstić information content (AvgIpc) is 3.30. The minimum absolute atomic E-state index is 0.172. The van der Waals surface area contributed by atoms with Crippen LogP contribution in [0.5, 0.6) is 5.75 Å². The molecule has 2 fully saturated rings. The van der Waals surface area contributed by atoms with E-state index in [1.54, 1.807) is 12.1 Å². The summed E-state index contributed by atoms with van der Waals surface area (Å²) in [7, 11) is 1.43. The van der Waals surface area contributed by atoms with Gasteiger partial charge in [-0.3, -0.25) is 4.90 Å². The smallest absolute Gasteiger partial charge is 0.233 e. The molecule has 2 aromatic rings. The number of benzene rings is 1. The molecule has 1 aliphatic heterocycles. The van der Waals surface area contributed by atoms with Crippen molar-refractivity contribution in [3.63, 3.8) is 0 Å². The van der Waals surface area contributed by atoms with E-state index < -0.39 is 5.82 Å². The Labute approximate surface area is 200 Å². The second kappa shape index (κ2) is 11.6. The molecule has 9 nitrogen and oxygen atoms in total. The van der Waals surface area contributed by atoms with Gasteiger partial charge in [-0.2, -0.15) is 15.0 Å². The molecule has 1 aliphatic carbocycles. The van der Waals surface area contributed by atoms with Crippen molar-refractivity contribution in [3.8, 4) is 5.75 Å². The first-order valence-electron chi connectivity index (χ1n) is 12.3. The van der Waals surface area contributed by atoms with E-state index in [9.17, 15) is 9.50 Å². The average molecular weight is 474 g/mol. The van der Waals surface area contributed by atoms with Crippen molar-refractivity contribution in [3.05, 3.63) is 24.0 Å². The summed E-state index contributed by atoms with van der Waals surface area (Å²) in [5.41, 5.74) is 0.511. The Bertz CT molecular complexity index is 923. The molecule has 4 rings (SSSR count). The summed E-state index contributed by atoms with van der Waals surface area (Å²) in [5.74, 6) is 1.07. The Morgan fingerprint density at radius 2 is 1.76 bits per heavy atom. The third-order valence-corrected chi connectivity index (χ3v) is 6.84. The van der Waals surface area contributed by atoms with Crippen molar-refractivity contribution in [1.29, 1.82) is 0 Å². The lowest BCUT2D eigenvalue weighted by Crippen LogP contribution is -2.35. The molecule has 2 aliphatic rings. The molecule has 3 atom stereocenters. The number of aliphatic hydroxyl groups excluding tert-OH is 1. The van der Waals surface area contributed by atoms with Gasteiger partial charge in [0.2, 0.25) is 17.8 Å². The van der Waals surface area contributed by atoms with Gasteiger partial charge >= 0.3 is 0 Å². The number of nitrogens with one attached hydrogen (secondary N) is 3. The molecule has 0 spiro atoms. The first kappa shape index (κ1) is 24.4. The Hall–Kier alpha value is -2.72. The van der Waals surface area contributed by atoms with Crippen LogP contribution in [0.4, 0.5) is 27.9 Å². The van der Waals surface area contributed by atoms with Gasteiger partial charge in [-0.25, -0.2) is 4.39 Å². The van der Waals surface area contributed by atoms with Gasteiger partial charge in [0.05, 0.1) is 13.2 Å². The maximum atomic E-state index is 14.2. The number of hydrogen-bond donors (Lipinski definition) is 4. The molecule has 1 saturated carbocycles. The monoisotopic (exact) mass is 473 g/mol. The predicted octanol–water partition coefficient (Wildman–Crippen LogP) is 3.62. The van der Waals surface area contributed by atoms with Crippen molar-refractivity contribution in [1.82, 2.24) is 19.9 Å². The van der Waals surface area contributed by atoms with Gasteiger partial charge in [-0.1, -0.05) is 19.8 Å². The summed E-state index contributed by atoms with van der Waals surface area (Å²) in [6.07, 6.45) is 6.05. The lowest BCUT2D eigenvalue weighted by Gasteiger charge is -2.27. The zero-order valence-corrected chi connectivity index (χ0v) is 20.1. The van der Waals surface area contributed by atoms with Crippen LogP contribution in [0, 0.1) is 11.7 Å². The van der Waals surface area contributed by atoms with Gasteiger partial charge in [0.1, 0.15) is 0 Å². The quantitative estimate of drug-likeness (QED) is 0.411. The second-order valence-electron chi connectivity index (χ2n) is 9.08. The lowest BCUT2D eigenvalue weighted by molar-refractivity contribution is 0.0762. The summed E-state index contributed by atoms with van der Waals surface area (Å²) in [6.45, 7) is 5.66. The summed E-state index contributed by atoms with van der Waals surface area (Å²) >= 11 is 0. The van der Waals surface area contributed by atoms with Crippen molar-refractivity contribution in [2.75, 3.05) is 49.2 Å². The third kappa shape index (κ3) is 6.24. The molecule has 1 saturated heterocycles. The highest BCUT2D eigenvalue weighted by atomic mass is 19.1. The van der Waals surface area contributed by atoms with Gasteiger partial charge < -0.3 is 25.8 Å². The van der Waals surface area contributed by atoms with E-state index in [2.05, 4.69) is 42.7 Å². The van der Waals surface area contributed by atoms with Gasteiger partial charge in [0.25, 0.3) is 0 Å². The zero-order valence-electron chi connectivity index (χ0n) is 20.1. The molecule has 1 aromatic heterocycles. The van der Waals surface area contributed by atoms with Crippen LogP contribution in [-0.4, -0.2) is 70.4 Å². The molecule has 3 unspecified atom stereocenters. The summed E-state index contributed by atoms with van der Waals surface area (Å²) < 4.78 is 19.2. The van der Waals surface area contributed by atoms with Crippen molar-refractivity contribution >= 4 is 23.5 Å². The summed E-state index contributed by atoms with van der Waals surface area (Å²) in [6, 6.07) is 5.06. The molecule has 0 radical (unpaired) electrons. The number of halogens is 1. The topological polar surface area (TPSA) is 107 Å². The number of ether oxygens (including phenoxy) is 1. The fourth-order valence-corrected chi connectivity index (χ4v) is 4.86. The van der Waals surface area contributed by atoms with E-state index in [1.165, 1.54) is 19.6 Å². The van der Waals surface area contributed by atoms with Crippen molar-refractivity contribution < 1.29 is 14.2 Å². The Kier molecular flexibility index (Phi) is 8.34. The molecular formula is C24H36FN7O2. The van der Waals surface area contributed by atoms with Crippen molar-refractivity contribution in [2.24, 2.45) is 5.92 Å². The van der Waals surface area contributed by atoms with E-state index >= 15 is 0 Å². The standard InChI is InChI=1S/C24H36FN7O2/c1-3-32-12-6-8-18(32)15-27-23-29-22(26-14-16-7-4-5-9-20(16)33)30-24(31-23)28-17-10-11-21(34-2)19(25)13-17/h10-11,13,16,18,20,33H,3-9,12,14-15H2,1-2H3,(H3,26,27,28,29,30,31). The third-order valence-electron chi connectivity index (χ3n) is 6.84. The van der Waals surface area contributed by atoms with E-state index in [4.69, 9.17) is 4.74 Å². The van der Waals surface area contributed by atoms with Crippen LogP contribution >= 0.6 is 0 Å². The van der Waals surface area contributed by atoms with Crippen LogP contribution in [0.2, 0.25) is 0 Å². The van der Waals surface area contributed by atoms with Crippen LogP contribution in [0.1, 0.15) is 45.4 Å². The highest BCUT2D eigenvalue weighted by molar-refractivity contribution is 5.57. The number of aromatic nitrogens is 3. The predicted molar refractivity (Wildman–Crippen MR) is 131 cm³/mol. The number of rotatable bonds is 10. The normalized spacial score (nSPS) is 23.0. The molecular weight excluding hydrogens is 437 g/mol. The summed E-state index contributed by atoms with van der Waals surface area (Å²) in [4.78, 5) is 16.0. The van der Waals surface area contributed by atoms with Gasteiger partial charge in [-0.05, 0) is 50.9 Å². The molecule has 186 valence electrons. The number of methoxy groups -OCH3 is 1. The SMILES string of the molecule is CCN1CCCC1CNc1nc(NCC2CCCCC2O)nc(Nc2ccc(OC)c(F)c2)n1. The largest absolute Gasteiger partial charge is 0.494 e. The lowest BCUT2D eigenvalue weighted by atomic mass is 9.86. The zero-order chi connectivity index (χ0) is 23.9. The van der Waals surface area contributed by atoms with Crippen LogP contribution in [0.25, 0.3) is 0 Å². The second-order valence-corrected chi connectivity index (χ2v) is 9.08. The number of anilines is 4. The molecule has 4 N–H and O–H groups in total. The Morgan fingerprint density at radius 3 is 2.47 bits per heavy atom. The van der Waals surface area contributed by atoms with Crippen LogP contribution < -0.4 is 20.7 Å². The first-order valence-corrected chi connectivity index (χ1v) is 12.3. The number of likely N-dealkylation sites (tertiary alicyclic amines) is 1.